The van der Waals surface area contributed by atoms with Crippen LogP contribution in [0.4, 0.5) is 0 Å². The highest BCUT2D eigenvalue weighted by molar-refractivity contribution is 5.57. The highest BCUT2D eigenvalue weighted by Crippen LogP contribution is 2.60. The molecule has 32 heavy (non-hydrogen) atoms. The number of hydrogen-bond donors (Lipinski definition) is 0. The van der Waals surface area contributed by atoms with E-state index < -0.39 is 0 Å². The molecule has 2 bridgehead atoms. The molecule has 0 atom stereocenters. The molecular formula is C30H42N2. The normalized spacial score (nSPS) is 31.8. The minimum absolute atomic E-state index is 0.141. The minimum atomic E-state index is 0.141. The molecule has 0 saturated heterocycles. The molecule has 0 heterocycles. The van der Waals surface area contributed by atoms with Gasteiger partial charge in [0.15, 0.2) is 0 Å². The summed E-state index contributed by atoms with van der Waals surface area (Å²) in [6.07, 6.45) is 20.4. The molecule has 4 aliphatic carbocycles. The van der Waals surface area contributed by atoms with Crippen molar-refractivity contribution in [1.29, 1.82) is 10.5 Å². The van der Waals surface area contributed by atoms with Gasteiger partial charge in [0.2, 0.25) is 0 Å². The van der Waals surface area contributed by atoms with Crippen molar-refractivity contribution in [2.24, 2.45) is 17.3 Å². The Morgan fingerprint density at radius 1 is 0.781 bits per heavy atom. The van der Waals surface area contributed by atoms with E-state index in [1.54, 1.807) is 0 Å². The Balaban J connectivity index is 1.48. The summed E-state index contributed by atoms with van der Waals surface area (Å²) in [7, 11) is 0. The van der Waals surface area contributed by atoms with Crippen molar-refractivity contribution in [3.63, 3.8) is 0 Å². The predicted molar refractivity (Wildman–Crippen MR) is 131 cm³/mol. The van der Waals surface area contributed by atoms with Gasteiger partial charge in [0.25, 0.3) is 0 Å². The fourth-order valence-corrected chi connectivity index (χ4v) is 7.69. The van der Waals surface area contributed by atoms with Gasteiger partial charge in [0.1, 0.15) is 12.1 Å². The minimum Gasteiger partial charge on any atom is -0.192 e. The fraction of sp³-hybridized carbons (Fsp3) is 0.733. The van der Waals surface area contributed by atoms with Gasteiger partial charge >= 0.3 is 0 Å². The van der Waals surface area contributed by atoms with Gasteiger partial charge in [0.05, 0.1) is 11.1 Å². The second-order valence-electron chi connectivity index (χ2n) is 11.5. The number of hydrogen-bond acceptors (Lipinski definition) is 2. The highest BCUT2D eigenvalue weighted by Gasteiger charge is 2.49. The van der Waals surface area contributed by atoms with Crippen LogP contribution in [0.15, 0.2) is 12.1 Å². The topological polar surface area (TPSA) is 47.6 Å². The molecular weight excluding hydrogens is 388 g/mol. The van der Waals surface area contributed by atoms with Crippen LogP contribution in [-0.4, -0.2) is 0 Å². The molecule has 1 aromatic rings. The summed E-state index contributed by atoms with van der Waals surface area (Å²) in [4.78, 5) is 0. The quantitative estimate of drug-likeness (QED) is 0.416. The van der Waals surface area contributed by atoms with Crippen LogP contribution in [0, 0.1) is 39.9 Å². The number of nitriles is 2. The van der Waals surface area contributed by atoms with Crippen LogP contribution < -0.4 is 0 Å². The van der Waals surface area contributed by atoms with E-state index in [0.717, 1.165) is 23.8 Å². The van der Waals surface area contributed by atoms with Crippen molar-refractivity contribution in [1.82, 2.24) is 0 Å². The van der Waals surface area contributed by atoms with Crippen molar-refractivity contribution in [3.05, 3.63) is 34.4 Å². The zero-order chi connectivity index (χ0) is 22.6. The van der Waals surface area contributed by atoms with E-state index in [4.69, 9.17) is 0 Å². The van der Waals surface area contributed by atoms with Crippen molar-refractivity contribution in [2.45, 2.75) is 122 Å². The third-order valence-electron chi connectivity index (χ3n) is 9.75. The number of benzene rings is 1. The molecule has 1 aromatic carbocycles. The average molecular weight is 431 g/mol. The summed E-state index contributed by atoms with van der Waals surface area (Å²) in [6, 6.07) is 9.44. The van der Waals surface area contributed by atoms with E-state index in [2.05, 4.69) is 38.1 Å². The van der Waals surface area contributed by atoms with Gasteiger partial charge in [-0.05, 0) is 91.6 Å². The van der Waals surface area contributed by atoms with Crippen LogP contribution in [0.2, 0.25) is 0 Å². The predicted octanol–water partition coefficient (Wildman–Crippen LogP) is 8.36. The Morgan fingerprint density at radius 3 is 1.91 bits per heavy atom. The van der Waals surface area contributed by atoms with Crippen molar-refractivity contribution >= 4 is 0 Å². The number of fused-ring (bicyclic) bond motifs is 3. The lowest BCUT2D eigenvalue weighted by molar-refractivity contribution is 0.0319. The van der Waals surface area contributed by atoms with Gasteiger partial charge in [-0.2, -0.15) is 10.5 Å². The third-order valence-corrected chi connectivity index (χ3v) is 9.75. The summed E-state index contributed by atoms with van der Waals surface area (Å²) >= 11 is 0. The molecule has 0 N–H and O–H groups in total. The van der Waals surface area contributed by atoms with Crippen LogP contribution in [-0.2, 0) is 11.8 Å². The summed E-state index contributed by atoms with van der Waals surface area (Å²) in [6.45, 7) is 4.61. The summed E-state index contributed by atoms with van der Waals surface area (Å²) in [5.41, 5.74) is 4.42. The first-order chi connectivity index (χ1) is 15.6. The lowest BCUT2D eigenvalue weighted by Gasteiger charge is -2.54. The molecule has 0 aromatic heterocycles. The van der Waals surface area contributed by atoms with E-state index in [-0.39, 0.29) is 5.41 Å². The maximum absolute atomic E-state index is 10.1. The first-order valence-electron chi connectivity index (χ1n) is 13.6. The summed E-state index contributed by atoms with van der Waals surface area (Å²) < 4.78 is 0. The molecule has 0 unspecified atom stereocenters. The molecule has 0 spiro atoms. The molecule has 4 fully saturated rings. The number of aryl methyl sites for hydroxylation is 1. The average Bonchev–Trinajstić information content (AvgIpc) is 2.84. The molecule has 4 aliphatic rings. The molecule has 0 amide bonds. The maximum atomic E-state index is 10.1. The summed E-state index contributed by atoms with van der Waals surface area (Å²) in [5.74, 6) is 1.73. The van der Waals surface area contributed by atoms with Crippen LogP contribution in [0.5, 0.6) is 0 Å². The SMILES string of the molecule is CCCC12CCC(c3ccc(CC[C@H]4CC[C@H](CCC)CC4)c(C#N)c3C#N)(CC1)CC2. The Morgan fingerprint density at radius 2 is 1.38 bits per heavy atom. The molecule has 2 nitrogen and oxygen atoms in total. The Kier molecular flexibility index (Phi) is 7.30. The molecule has 0 radical (unpaired) electrons. The largest absolute Gasteiger partial charge is 0.192 e. The monoisotopic (exact) mass is 430 g/mol. The van der Waals surface area contributed by atoms with Gasteiger partial charge < -0.3 is 0 Å². The van der Waals surface area contributed by atoms with Crippen LogP contribution in [0.25, 0.3) is 0 Å². The van der Waals surface area contributed by atoms with Crippen LogP contribution in [0.3, 0.4) is 0 Å². The van der Waals surface area contributed by atoms with Gasteiger partial charge in [-0.3, -0.25) is 0 Å². The van der Waals surface area contributed by atoms with Crippen LogP contribution in [0.1, 0.15) is 132 Å². The molecule has 4 saturated carbocycles. The number of rotatable bonds is 8. The molecule has 0 aliphatic heterocycles. The van der Waals surface area contributed by atoms with Gasteiger partial charge in [-0.1, -0.05) is 70.9 Å². The van der Waals surface area contributed by atoms with E-state index in [0.29, 0.717) is 16.5 Å². The van der Waals surface area contributed by atoms with E-state index in [9.17, 15) is 10.5 Å². The molecule has 5 rings (SSSR count). The van der Waals surface area contributed by atoms with Gasteiger partial charge in [-0.15, -0.1) is 0 Å². The first kappa shape index (κ1) is 23.4. The van der Waals surface area contributed by atoms with Gasteiger partial charge in [-0.25, -0.2) is 0 Å². The lowest BCUT2D eigenvalue weighted by Crippen LogP contribution is -2.44. The molecule has 2 heteroatoms. The van der Waals surface area contributed by atoms with Crippen molar-refractivity contribution < 1.29 is 0 Å². The van der Waals surface area contributed by atoms with E-state index >= 15 is 0 Å². The zero-order valence-electron chi connectivity index (χ0n) is 20.5. The highest BCUT2D eigenvalue weighted by atomic mass is 14.5. The second kappa shape index (κ2) is 10.00. The first-order valence-corrected chi connectivity index (χ1v) is 13.6. The Hall–Kier alpha value is -1.80. The Bertz CT molecular complexity index is 851. The zero-order valence-corrected chi connectivity index (χ0v) is 20.5. The Labute approximate surface area is 196 Å². The van der Waals surface area contributed by atoms with E-state index in [1.165, 1.54) is 102 Å². The van der Waals surface area contributed by atoms with Crippen molar-refractivity contribution in [2.75, 3.05) is 0 Å². The standard InChI is InChI=1S/C30H42N2/c1-3-5-23-6-8-24(9-7-23)10-11-25-12-13-28(27(22-32)26(25)21-31)30-18-15-29(14-4-2,16-19-30)17-20-30/h12-13,23-24H,3-11,14-20H2,1-2H3/t23-,24-,29?,30?. The smallest absolute Gasteiger partial charge is 0.101 e. The van der Waals surface area contributed by atoms with Crippen molar-refractivity contribution in [3.8, 4) is 12.1 Å². The fourth-order valence-electron chi connectivity index (χ4n) is 7.69. The second-order valence-corrected chi connectivity index (χ2v) is 11.5. The summed E-state index contributed by atoms with van der Waals surface area (Å²) in [5, 5.41) is 20.2. The van der Waals surface area contributed by atoms with Gasteiger partial charge in [0, 0.05) is 0 Å². The molecule has 172 valence electrons. The number of nitrogens with zero attached hydrogens (tertiary/aromatic N) is 2. The third kappa shape index (κ3) is 4.49. The van der Waals surface area contributed by atoms with E-state index in [1.807, 2.05) is 0 Å². The lowest BCUT2D eigenvalue weighted by atomic mass is 9.50. The van der Waals surface area contributed by atoms with Crippen LogP contribution >= 0.6 is 0 Å². The maximum Gasteiger partial charge on any atom is 0.101 e.